The van der Waals surface area contributed by atoms with E-state index in [0.717, 1.165) is 96.5 Å². The number of aromatic hydroxyl groups is 1. The molecule has 3 N–H and O–H groups in total. The maximum Gasteiger partial charge on any atom is 0.303 e. The van der Waals surface area contributed by atoms with Gasteiger partial charge in [0.15, 0.2) is 0 Å². The van der Waals surface area contributed by atoms with Crippen molar-refractivity contribution >= 4 is 50.9 Å². The number of hydrogen-bond donors (Lipinski definition) is 3. The molecule has 4 heterocycles. The summed E-state index contributed by atoms with van der Waals surface area (Å²) in [6, 6.07) is 13.6. The lowest BCUT2D eigenvalue weighted by atomic mass is 10.0. The Hall–Kier alpha value is -3.92. The number of anilines is 2. The largest absolute Gasteiger partial charge is 0.507 e. The third-order valence-corrected chi connectivity index (χ3v) is 11.4. The number of halogens is 1. The lowest BCUT2D eigenvalue weighted by Crippen LogP contribution is -2.20. The number of carboxylic acids is 1. The summed E-state index contributed by atoms with van der Waals surface area (Å²) >= 11 is 6.32. The van der Waals surface area contributed by atoms with Gasteiger partial charge in [-0.25, -0.2) is 9.97 Å². The molecule has 2 saturated heterocycles. The molecule has 2 aromatic heterocycles. The van der Waals surface area contributed by atoms with E-state index < -0.39 is 5.97 Å². The number of methoxy groups -OCH3 is 1. The van der Waals surface area contributed by atoms with Crippen LogP contribution in [0.25, 0.3) is 21.9 Å². The summed E-state index contributed by atoms with van der Waals surface area (Å²) in [4.78, 5) is 24.7. The number of ether oxygens (including phenoxy) is 1. The Morgan fingerprint density at radius 1 is 0.772 bits per heavy atom. The van der Waals surface area contributed by atoms with Gasteiger partial charge in [0.05, 0.1) is 23.8 Å². The number of phenols is 1. The van der Waals surface area contributed by atoms with Gasteiger partial charge in [0.2, 0.25) is 5.88 Å². The molecular weight excluding hydrogens is 734 g/mol. The fourth-order valence-electron chi connectivity index (χ4n) is 7.94. The molecule has 0 amide bonds. The second kappa shape index (κ2) is 24.1. The number of carboxylic acid groups (broad SMARTS) is 1. The van der Waals surface area contributed by atoms with E-state index in [9.17, 15) is 9.90 Å². The zero-order chi connectivity index (χ0) is 40.2. The number of pyridine rings is 2. The SMILES string of the molecule is CCCCCCCC/C=C\CCCCCCCC(=O)O.COc1ccc2nc3cc(Cl)ccc3c(Nc3cc(CN4CCCC4)c(O)c(CN4CCCC4)c3)c2n1. The number of benzene rings is 2. The molecular formula is C47H66ClN5O4. The van der Waals surface area contributed by atoms with E-state index in [1.807, 2.05) is 30.3 Å². The third-order valence-electron chi connectivity index (χ3n) is 11.1. The average Bonchev–Trinajstić information content (AvgIpc) is 3.93. The Bertz CT molecular complexity index is 1830. The van der Waals surface area contributed by atoms with Crippen molar-refractivity contribution in [1.29, 1.82) is 0 Å². The maximum absolute atomic E-state index is 11.3. The topological polar surface area (TPSA) is 111 Å². The molecule has 2 fully saturated rings. The number of phenolic OH excluding ortho intramolecular Hbond substituents is 1. The monoisotopic (exact) mass is 799 g/mol. The van der Waals surface area contributed by atoms with Crippen LogP contribution in [0.15, 0.2) is 54.6 Å². The summed E-state index contributed by atoms with van der Waals surface area (Å²) in [6.45, 7) is 8.04. The van der Waals surface area contributed by atoms with Gasteiger partial charge in [-0.1, -0.05) is 82.0 Å². The van der Waals surface area contributed by atoms with Gasteiger partial charge in [0, 0.05) is 52.8 Å². The van der Waals surface area contributed by atoms with Crippen LogP contribution in [0.3, 0.4) is 0 Å². The minimum absolute atomic E-state index is 0.332. The number of allylic oxidation sites excluding steroid dienone is 2. The Kier molecular flexibility index (Phi) is 18.7. The molecule has 2 aliphatic rings. The van der Waals surface area contributed by atoms with E-state index in [1.54, 1.807) is 7.11 Å². The van der Waals surface area contributed by atoms with Crippen molar-refractivity contribution in [2.75, 3.05) is 38.6 Å². The van der Waals surface area contributed by atoms with Gasteiger partial charge in [-0.3, -0.25) is 14.6 Å². The minimum atomic E-state index is -0.664. The molecule has 2 aliphatic heterocycles. The maximum atomic E-state index is 11.3. The predicted octanol–water partition coefficient (Wildman–Crippen LogP) is 12.2. The van der Waals surface area contributed by atoms with E-state index in [2.05, 4.69) is 46.3 Å². The number of unbranched alkanes of at least 4 members (excludes halogenated alkanes) is 11. The van der Waals surface area contributed by atoms with Crippen LogP contribution in [-0.4, -0.2) is 69.2 Å². The van der Waals surface area contributed by atoms with Crippen molar-refractivity contribution in [3.63, 3.8) is 0 Å². The molecule has 2 aromatic carbocycles. The third kappa shape index (κ3) is 14.4. The molecule has 0 atom stereocenters. The van der Waals surface area contributed by atoms with E-state index in [1.165, 1.54) is 96.3 Å². The number of likely N-dealkylation sites (tertiary alicyclic amines) is 2. The highest BCUT2D eigenvalue weighted by Crippen LogP contribution is 2.37. The van der Waals surface area contributed by atoms with Crippen LogP contribution < -0.4 is 10.1 Å². The van der Waals surface area contributed by atoms with Gasteiger partial charge < -0.3 is 20.3 Å². The Morgan fingerprint density at radius 3 is 1.93 bits per heavy atom. The summed E-state index contributed by atoms with van der Waals surface area (Å²) in [6.07, 6.45) is 26.1. The van der Waals surface area contributed by atoms with Crippen LogP contribution in [0.1, 0.15) is 134 Å². The molecule has 0 spiro atoms. The van der Waals surface area contributed by atoms with Crippen molar-refractivity contribution in [3.05, 3.63) is 70.8 Å². The van der Waals surface area contributed by atoms with Crippen molar-refractivity contribution in [3.8, 4) is 11.6 Å². The highest BCUT2D eigenvalue weighted by atomic mass is 35.5. The molecule has 10 heteroatoms. The molecule has 9 nitrogen and oxygen atoms in total. The van der Waals surface area contributed by atoms with Gasteiger partial charge in [-0.05, 0) is 120 Å². The second-order valence-corrected chi connectivity index (χ2v) is 16.3. The van der Waals surface area contributed by atoms with Crippen LogP contribution in [0, 0.1) is 0 Å². The second-order valence-electron chi connectivity index (χ2n) is 15.8. The first kappa shape index (κ1) is 44.2. The van der Waals surface area contributed by atoms with E-state index >= 15 is 0 Å². The van der Waals surface area contributed by atoms with Crippen LogP contribution in [-0.2, 0) is 17.9 Å². The molecule has 57 heavy (non-hydrogen) atoms. The van der Waals surface area contributed by atoms with Crippen LogP contribution in [0.4, 0.5) is 11.4 Å². The number of hydrogen-bond acceptors (Lipinski definition) is 8. The Morgan fingerprint density at radius 2 is 1.35 bits per heavy atom. The number of carbonyl (C=O) groups is 1. The van der Waals surface area contributed by atoms with Crippen LogP contribution >= 0.6 is 11.6 Å². The summed E-state index contributed by atoms with van der Waals surface area (Å²) in [5.41, 5.74) is 5.96. The first-order valence-electron chi connectivity index (χ1n) is 21.7. The lowest BCUT2D eigenvalue weighted by molar-refractivity contribution is -0.137. The smallest absolute Gasteiger partial charge is 0.303 e. The fraction of sp³-hybridized carbons (Fsp3) is 0.553. The van der Waals surface area contributed by atoms with Crippen LogP contribution in [0.2, 0.25) is 5.02 Å². The highest BCUT2D eigenvalue weighted by Gasteiger charge is 2.21. The summed E-state index contributed by atoms with van der Waals surface area (Å²) in [7, 11) is 1.62. The number of aliphatic carboxylic acids is 1. The summed E-state index contributed by atoms with van der Waals surface area (Å²) in [5.74, 6) is 0.281. The highest BCUT2D eigenvalue weighted by molar-refractivity contribution is 6.31. The molecule has 0 aliphatic carbocycles. The van der Waals surface area contributed by atoms with Gasteiger partial charge in [-0.15, -0.1) is 0 Å². The number of nitrogens with zero attached hydrogens (tertiary/aromatic N) is 4. The van der Waals surface area contributed by atoms with Crippen molar-refractivity contribution in [1.82, 2.24) is 19.8 Å². The molecule has 0 saturated carbocycles. The van der Waals surface area contributed by atoms with Gasteiger partial charge in [0.1, 0.15) is 11.3 Å². The van der Waals surface area contributed by atoms with Gasteiger partial charge in [-0.2, -0.15) is 0 Å². The number of fused-ring (bicyclic) bond motifs is 2. The van der Waals surface area contributed by atoms with E-state index in [0.29, 0.717) is 23.1 Å². The molecule has 310 valence electrons. The Labute approximate surface area is 345 Å². The van der Waals surface area contributed by atoms with Gasteiger partial charge in [0.25, 0.3) is 0 Å². The van der Waals surface area contributed by atoms with Crippen molar-refractivity contribution in [2.45, 2.75) is 136 Å². The zero-order valence-electron chi connectivity index (χ0n) is 34.5. The van der Waals surface area contributed by atoms with E-state index in [-0.39, 0.29) is 0 Å². The number of rotatable bonds is 22. The summed E-state index contributed by atoms with van der Waals surface area (Å²) < 4.78 is 5.43. The quantitative estimate of drug-likeness (QED) is 0.0310. The Balaban J connectivity index is 0.000000266. The molecule has 0 bridgehead atoms. The molecule has 6 rings (SSSR count). The fourth-order valence-corrected chi connectivity index (χ4v) is 8.11. The number of aromatic nitrogens is 2. The molecule has 0 unspecified atom stereocenters. The molecule has 4 aromatic rings. The first-order valence-corrected chi connectivity index (χ1v) is 22.1. The number of nitrogens with one attached hydrogen (secondary N) is 1. The van der Waals surface area contributed by atoms with E-state index in [4.69, 9.17) is 31.4 Å². The summed E-state index contributed by atoms with van der Waals surface area (Å²) in [5, 5.41) is 25.0. The van der Waals surface area contributed by atoms with Gasteiger partial charge >= 0.3 is 5.97 Å². The normalized spacial score (nSPS) is 14.8. The average molecular weight is 801 g/mol. The standard InChI is InChI=1S/C29H32ClN5O2.C18H34O2/c1-37-26-9-8-24-28(33-26)27(23-7-6-21(30)16-25(23)32-24)31-22-14-19(17-34-10-2-3-11-34)29(36)20(15-22)18-35-12-4-5-13-35;1-2-3-4-5-6-7-8-9-10-11-12-13-14-15-16-17-18(19)20/h6-9,14-16,36H,2-5,10-13,17-18H2,1H3,(H,31,32);9-10H,2-8,11-17H2,1H3,(H,19,20)/b;10-9-. The predicted molar refractivity (Wildman–Crippen MR) is 236 cm³/mol. The lowest BCUT2D eigenvalue weighted by Gasteiger charge is -2.22. The van der Waals surface area contributed by atoms with Crippen molar-refractivity contribution in [2.24, 2.45) is 0 Å². The zero-order valence-corrected chi connectivity index (χ0v) is 35.3. The van der Waals surface area contributed by atoms with Crippen molar-refractivity contribution < 1.29 is 19.7 Å². The minimum Gasteiger partial charge on any atom is -0.507 e. The first-order chi connectivity index (χ1) is 27.8. The van der Waals surface area contributed by atoms with Crippen LogP contribution in [0.5, 0.6) is 11.6 Å². The molecule has 0 radical (unpaired) electrons.